The number of aryl methyl sites for hydroxylation is 1. The molecule has 9 heteroatoms. The largest absolute Gasteiger partial charge is 0.468 e. The fourth-order valence-electron chi connectivity index (χ4n) is 3.89. The van der Waals surface area contributed by atoms with Crippen molar-refractivity contribution in [2.45, 2.75) is 13.0 Å². The van der Waals surface area contributed by atoms with Crippen LogP contribution in [0.4, 0.5) is 8.78 Å². The highest BCUT2D eigenvalue weighted by atomic mass is 32.1. The topological polar surface area (TPSA) is 62.7 Å². The highest BCUT2D eigenvalue weighted by Crippen LogP contribution is 2.30. The van der Waals surface area contributed by atoms with Gasteiger partial charge in [-0.1, -0.05) is 12.1 Å². The molecule has 0 spiro atoms. The first-order valence-corrected chi connectivity index (χ1v) is 11.3. The Hall–Kier alpha value is -3.17. The van der Waals surface area contributed by atoms with Gasteiger partial charge in [0.15, 0.2) is 0 Å². The van der Waals surface area contributed by atoms with Crippen molar-refractivity contribution in [3.8, 4) is 10.6 Å². The van der Waals surface area contributed by atoms with Crippen molar-refractivity contribution in [3.05, 3.63) is 76.3 Å². The van der Waals surface area contributed by atoms with Gasteiger partial charge in [0.1, 0.15) is 27.6 Å². The molecule has 0 radical (unpaired) electrons. The monoisotopic (exact) mass is 471 g/mol. The van der Waals surface area contributed by atoms with Crippen LogP contribution in [-0.2, 0) is 9.53 Å². The fourth-order valence-corrected chi connectivity index (χ4v) is 4.93. The first-order chi connectivity index (χ1) is 15.9. The van der Waals surface area contributed by atoms with Gasteiger partial charge in [0.05, 0.1) is 12.8 Å². The molecule has 1 aromatic heterocycles. The van der Waals surface area contributed by atoms with Crippen LogP contribution in [0.3, 0.4) is 0 Å². The lowest BCUT2D eigenvalue weighted by Gasteiger charge is -2.38. The minimum atomic E-state index is -0.664. The number of amides is 1. The summed E-state index contributed by atoms with van der Waals surface area (Å²) in [6.07, 6.45) is 0. The van der Waals surface area contributed by atoms with E-state index in [0.29, 0.717) is 47.3 Å². The van der Waals surface area contributed by atoms with E-state index in [1.807, 2.05) is 4.90 Å². The van der Waals surface area contributed by atoms with E-state index in [9.17, 15) is 18.4 Å². The quantitative estimate of drug-likeness (QED) is 0.525. The number of halogens is 2. The minimum Gasteiger partial charge on any atom is -0.468 e. The van der Waals surface area contributed by atoms with Crippen LogP contribution in [0.2, 0.25) is 0 Å². The van der Waals surface area contributed by atoms with Crippen molar-refractivity contribution in [2.75, 3.05) is 33.3 Å². The first kappa shape index (κ1) is 23.0. The molecular formula is C24H23F2N3O3S. The summed E-state index contributed by atoms with van der Waals surface area (Å²) in [6.45, 7) is 3.57. The Morgan fingerprint density at radius 2 is 1.55 bits per heavy atom. The van der Waals surface area contributed by atoms with Crippen LogP contribution in [0.25, 0.3) is 10.6 Å². The summed E-state index contributed by atoms with van der Waals surface area (Å²) < 4.78 is 31.5. The summed E-state index contributed by atoms with van der Waals surface area (Å²) in [7, 11) is 1.32. The molecule has 0 bridgehead atoms. The molecule has 2 heterocycles. The van der Waals surface area contributed by atoms with Gasteiger partial charge in [0.2, 0.25) is 0 Å². The maximum absolute atomic E-state index is 13.3. The Labute approximate surface area is 194 Å². The van der Waals surface area contributed by atoms with Crippen LogP contribution in [0.15, 0.2) is 48.5 Å². The third-order valence-corrected chi connectivity index (χ3v) is 6.85. The highest BCUT2D eigenvalue weighted by Gasteiger charge is 2.33. The van der Waals surface area contributed by atoms with E-state index >= 15 is 0 Å². The molecule has 172 valence electrons. The van der Waals surface area contributed by atoms with Gasteiger partial charge in [-0.2, -0.15) is 0 Å². The van der Waals surface area contributed by atoms with E-state index in [1.54, 1.807) is 36.1 Å². The number of rotatable bonds is 5. The predicted octanol–water partition coefficient (Wildman–Crippen LogP) is 4.07. The van der Waals surface area contributed by atoms with E-state index in [-0.39, 0.29) is 17.5 Å². The van der Waals surface area contributed by atoms with Crippen molar-refractivity contribution in [3.63, 3.8) is 0 Å². The Bertz CT molecular complexity index is 1140. The van der Waals surface area contributed by atoms with Gasteiger partial charge < -0.3 is 9.64 Å². The summed E-state index contributed by atoms with van der Waals surface area (Å²) in [4.78, 5) is 34.4. The Kier molecular flexibility index (Phi) is 6.80. The molecule has 1 aliphatic rings. The van der Waals surface area contributed by atoms with Gasteiger partial charge in [0.25, 0.3) is 5.91 Å². The van der Waals surface area contributed by atoms with Gasteiger partial charge in [-0.05, 0) is 48.9 Å². The number of esters is 1. The number of hydrogen-bond acceptors (Lipinski definition) is 6. The number of aromatic nitrogens is 1. The standard InChI is InChI=1S/C24H23F2N3O3S/c1-15-21(33-22(27-15)17-5-9-19(26)10-6-17)23(30)29-13-11-28(12-14-29)20(24(31)32-2)16-3-7-18(25)8-4-16/h3-10,20H,11-14H2,1-2H3/t20-/m0/s1. The maximum atomic E-state index is 13.3. The zero-order valence-corrected chi connectivity index (χ0v) is 19.1. The zero-order valence-electron chi connectivity index (χ0n) is 18.3. The van der Waals surface area contributed by atoms with Gasteiger partial charge in [-0.3, -0.25) is 9.69 Å². The average molecular weight is 472 g/mol. The lowest BCUT2D eigenvalue weighted by atomic mass is 10.0. The first-order valence-electron chi connectivity index (χ1n) is 10.5. The third-order valence-electron chi connectivity index (χ3n) is 5.66. The molecule has 0 aliphatic carbocycles. The van der Waals surface area contributed by atoms with Crippen LogP contribution in [-0.4, -0.2) is 59.9 Å². The smallest absolute Gasteiger partial charge is 0.327 e. The van der Waals surface area contributed by atoms with Crippen LogP contribution in [0.1, 0.15) is 27.0 Å². The molecule has 1 amide bonds. The van der Waals surface area contributed by atoms with E-state index in [0.717, 1.165) is 5.56 Å². The second kappa shape index (κ2) is 9.76. The number of carbonyl (C=O) groups is 2. The predicted molar refractivity (Wildman–Crippen MR) is 121 cm³/mol. The number of benzene rings is 2. The molecule has 0 saturated carbocycles. The molecule has 1 saturated heterocycles. The zero-order chi connectivity index (χ0) is 23.5. The molecule has 1 atom stereocenters. The average Bonchev–Trinajstić information content (AvgIpc) is 3.22. The normalized spacial score (nSPS) is 15.3. The number of carbonyl (C=O) groups excluding carboxylic acids is 2. The number of thiazole rings is 1. The van der Waals surface area contributed by atoms with E-state index in [1.165, 1.54) is 42.7 Å². The van der Waals surface area contributed by atoms with Crippen molar-refractivity contribution in [2.24, 2.45) is 0 Å². The lowest BCUT2D eigenvalue weighted by molar-refractivity contribution is -0.148. The van der Waals surface area contributed by atoms with Crippen LogP contribution >= 0.6 is 11.3 Å². The molecule has 1 aliphatic heterocycles. The number of hydrogen-bond donors (Lipinski definition) is 0. The minimum absolute atomic E-state index is 0.116. The van der Waals surface area contributed by atoms with Crippen LogP contribution in [0, 0.1) is 18.6 Å². The van der Waals surface area contributed by atoms with E-state index < -0.39 is 12.0 Å². The van der Waals surface area contributed by atoms with Crippen molar-refractivity contribution in [1.82, 2.24) is 14.8 Å². The van der Waals surface area contributed by atoms with Crippen molar-refractivity contribution >= 4 is 23.2 Å². The molecule has 2 aromatic carbocycles. The molecular weight excluding hydrogens is 448 g/mol. The Balaban J connectivity index is 1.47. The molecule has 0 N–H and O–H groups in total. The Morgan fingerprint density at radius 1 is 0.970 bits per heavy atom. The highest BCUT2D eigenvalue weighted by molar-refractivity contribution is 7.17. The molecule has 1 fully saturated rings. The second-order valence-electron chi connectivity index (χ2n) is 7.75. The van der Waals surface area contributed by atoms with Gasteiger partial charge in [0, 0.05) is 31.7 Å². The molecule has 3 aromatic rings. The summed E-state index contributed by atoms with van der Waals surface area (Å²) in [5, 5.41) is 0.663. The number of nitrogens with zero attached hydrogens (tertiary/aromatic N) is 3. The summed E-state index contributed by atoms with van der Waals surface area (Å²) >= 11 is 1.29. The van der Waals surface area contributed by atoms with Gasteiger partial charge >= 0.3 is 5.97 Å². The molecule has 33 heavy (non-hydrogen) atoms. The summed E-state index contributed by atoms with van der Waals surface area (Å²) in [5.41, 5.74) is 2.03. The van der Waals surface area contributed by atoms with Crippen molar-refractivity contribution < 1.29 is 23.1 Å². The van der Waals surface area contributed by atoms with Crippen LogP contribution in [0.5, 0.6) is 0 Å². The Morgan fingerprint density at radius 3 is 2.12 bits per heavy atom. The fraction of sp³-hybridized carbons (Fsp3) is 0.292. The second-order valence-corrected chi connectivity index (χ2v) is 8.74. The third kappa shape index (κ3) is 4.94. The van der Waals surface area contributed by atoms with Crippen molar-refractivity contribution in [1.29, 1.82) is 0 Å². The van der Waals surface area contributed by atoms with Gasteiger partial charge in [-0.25, -0.2) is 18.6 Å². The van der Waals surface area contributed by atoms with E-state index in [4.69, 9.17) is 4.74 Å². The molecule has 0 unspecified atom stereocenters. The number of methoxy groups -OCH3 is 1. The maximum Gasteiger partial charge on any atom is 0.327 e. The van der Waals surface area contributed by atoms with E-state index in [2.05, 4.69) is 4.98 Å². The SMILES string of the molecule is COC(=O)[C@H](c1ccc(F)cc1)N1CCN(C(=O)c2sc(-c3ccc(F)cc3)nc2C)CC1. The molecule has 4 rings (SSSR count). The summed E-state index contributed by atoms with van der Waals surface area (Å²) in [6, 6.07) is 11.1. The van der Waals surface area contributed by atoms with Gasteiger partial charge in [-0.15, -0.1) is 11.3 Å². The van der Waals surface area contributed by atoms with Crippen LogP contribution < -0.4 is 0 Å². The number of piperazine rings is 1. The molecule has 6 nitrogen and oxygen atoms in total. The summed E-state index contributed by atoms with van der Waals surface area (Å²) in [5.74, 6) is -1.25. The lowest BCUT2D eigenvalue weighted by Crippen LogP contribution is -2.51. The number of ether oxygens (including phenoxy) is 1.